The summed E-state index contributed by atoms with van der Waals surface area (Å²) in [6, 6.07) is 0. The first-order chi connectivity index (χ1) is 28.5. The third-order valence-electron chi connectivity index (χ3n) is 9.56. The third kappa shape index (κ3) is 44.8. The Morgan fingerprint density at radius 3 is 1.59 bits per heavy atom. The van der Waals surface area contributed by atoms with Crippen LogP contribution in [0, 0.1) is 0 Å². The molecule has 0 aromatic rings. The standard InChI is InChI=1S/C49H86NO8P/c1-6-8-10-12-14-16-18-20-21-22-23-24-25-26-27-28-30-31-33-35-37-39-41-48(51)55-45-47(46-57-59(53,54)56-44-43-50(3,4)5)58-49(52)42-40-38-36-34-32-29-19-17-15-13-11-9-7-2/h9,11,13,15,17,19,22-23,25-26,29,32,47H,6-8,10,12,14,16,18,20-21,24,27-28,30-31,33-46H2,1-5H3/b11-9+,15-13+,19-17+,23-22+,26-25+,32-29+. The maximum Gasteiger partial charge on any atom is 0.306 e. The lowest BCUT2D eigenvalue weighted by Crippen LogP contribution is -2.37. The second kappa shape index (κ2) is 40.8. The van der Waals surface area contributed by atoms with Gasteiger partial charge in [0, 0.05) is 12.8 Å². The number of ether oxygens (including phenoxy) is 2. The van der Waals surface area contributed by atoms with Crippen LogP contribution >= 0.6 is 7.82 Å². The summed E-state index contributed by atoms with van der Waals surface area (Å²) in [5, 5.41) is 0. The van der Waals surface area contributed by atoms with Crippen LogP contribution in [-0.2, 0) is 32.7 Å². The number of phosphoric acid groups is 1. The van der Waals surface area contributed by atoms with Crippen molar-refractivity contribution in [2.24, 2.45) is 0 Å². The fraction of sp³-hybridized carbons (Fsp3) is 0.714. The fourth-order valence-electron chi connectivity index (χ4n) is 5.93. The van der Waals surface area contributed by atoms with Gasteiger partial charge in [-0.05, 0) is 64.2 Å². The van der Waals surface area contributed by atoms with Crippen molar-refractivity contribution in [2.75, 3.05) is 47.5 Å². The Balaban J connectivity index is 4.33. The number of carbonyl (C=O) groups is 2. The zero-order valence-electron chi connectivity index (χ0n) is 38.2. The van der Waals surface area contributed by atoms with Crippen molar-refractivity contribution in [3.05, 3.63) is 72.9 Å². The lowest BCUT2D eigenvalue weighted by atomic mass is 10.1. The molecule has 0 aliphatic carbocycles. The van der Waals surface area contributed by atoms with Gasteiger partial charge in [-0.25, -0.2) is 0 Å². The van der Waals surface area contributed by atoms with Gasteiger partial charge in [-0.15, -0.1) is 0 Å². The van der Waals surface area contributed by atoms with Crippen LogP contribution in [-0.4, -0.2) is 70.0 Å². The Morgan fingerprint density at radius 2 is 1.03 bits per heavy atom. The second-order valence-electron chi connectivity index (χ2n) is 16.5. The topological polar surface area (TPSA) is 111 Å². The number of quaternary nitrogens is 1. The number of hydrogen-bond acceptors (Lipinski definition) is 8. The van der Waals surface area contributed by atoms with Crippen LogP contribution in [0.3, 0.4) is 0 Å². The van der Waals surface area contributed by atoms with E-state index in [9.17, 15) is 19.0 Å². The summed E-state index contributed by atoms with van der Waals surface area (Å²) in [4.78, 5) is 37.5. The molecule has 0 radical (unpaired) electrons. The Labute approximate surface area is 361 Å². The average molecular weight is 848 g/mol. The summed E-state index contributed by atoms with van der Waals surface area (Å²) >= 11 is 0. The summed E-state index contributed by atoms with van der Waals surface area (Å²) in [5.41, 5.74) is 0. The van der Waals surface area contributed by atoms with Gasteiger partial charge in [0.25, 0.3) is 7.82 Å². The molecule has 0 saturated carbocycles. The first kappa shape index (κ1) is 56.5. The van der Waals surface area contributed by atoms with E-state index in [1.807, 2.05) is 57.6 Å². The quantitative estimate of drug-likeness (QED) is 0.0149. The molecule has 0 bridgehead atoms. The lowest BCUT2D eigenvalue weighted by molar-refractivity contribution is -0.870. The molecule has 0 spiro atoms. The normalized spacial score (nSPS) is 14.2. The van der Waals surface area contributed by atoms with E-state index in [4.69, 9.17) is 18.5 Å². The number of nitrogens with zero attached hydrogens (tertiary/aromatic N) is 1. The predicted molar refractivity (Wildman–Crippen MR) is 245 cm³/mol. The van der Waals surface area contributed by atoms with Crippen LogP contribution in [0.4, 0.5) is 0 Å². The van der Waals surface area contributed by atoms with Crippen LogP contribution in [0.1, 0.15) is 174 Å². The summed E-state index contributed by atoms with van der Waals surface area (Å²) in [6.07, 6.45) is 50.8. The minimum atomic E-state index is -4.64. The van der Waals surface area contributed by atoms with Crippen LogP contribution in [0.25, 0.3) is 0 Å². The second-order valence-corrected chi connectivity index (χ2v) is 17.9. The van der Waals surface area contributed by atoms with Crippen LogP contribution in [0.2, 0.25) is 0 Å². The minimum absolute atomic E-state index is 0.0439. The number of phosphoric ester groups is 1. The van der Waals surface area contributed by atoms with Crippen LogP contribution in [0.5, 0.6) is 0 Å². The van der Waals surface area contributed by atoms with Gasteiger partial charge in [0.05, 0.1) is 27.7 Å². The minimum Gasteiger partial charge on any atom is -0.756 e. The molecule has 0 saturated heterocycles. The van der Waals surface area contributed by atoms with Gasteiger partial charge >= 0.3 is 11.9 Å². The van der Waals surface area contributed by atoms with Crippen molar-refractivity contribution in [1.82, 2.24) is 0 Å². The molecule has 2 atom stereocenters. The molecule has 9 nitrogen and oxygen atoms in total. The van der Waals surface area contributed by atoms with Gasteiger partial charge in [0.15, 0.2) is 6.10 Å². The Morgan fingerprint density at radius 1 is 0.559 bits per heavy atom. The number of likely N-dealkylation sites (N-methyl/N-ethyl adjacent to an activating group) is 1. The molecule has 0 aliphatic heterocycles. The maximum atomic E-state index is 12.6. The van der Waals surface area contributed by atoms with Crippen molar-refractivity contribution in [3.63, 3.8) is 0 Å². The van der Waals surface area contributed by atoms with Gasteiger partial charge in [-0.1, -0.05) is 170 Å². The molecule has 59 heavy (non-hydrogen) atoms. The highest BCUT2D eigenvalue weighted by Gasteiger charge is 2.21. The zero-order chi connectivity index (χ0) is 43.6. The number of unbranched alkanes of at least 4 members (excludes halogenated alkanes) is 18. The molecular weight excluding hydrogens is 762 g/mol. The van der Waals surface area contributed by atoms with Gasteiger partial charge in [-0.3, -0.25) is 14.2 Å². The van der Waals surface area contributed by atoms with Crippen molar-refractivity contribution >= 4 is 19.8 Å². The first-order valence-corrected chi connectivity index (χ1v) is 24.7. The van der Waals surface area contributed by atoms with Crippen molar-refractivity contribution in [2.45, 2.75) is 180 Å². The molecule has 10 heteroatoms. The van der Waals surface area contributed by atoms with E-state index < -0.39 is 32.5 Å². The summed E-state index contributed by atoms with van der Waals surface area (Å²) in [6.45, 7) is 4.01. The zero-order valence-corrected chi connectivity index (χ0v) is 39.1. The monoisotopic (exact) mass is 848 g/mol. The third-order valence-corrected chi connectivity index (χ3v) is 10.5. The molecule has 0 fully saturated rings. The highest BCUT2D eigenvalue weighted by molar-refractivity contribution is 7.45. The van der Waals surface area contributed by atoms with E-state index in [0.29, 0.717) is 23.9 Å². The van der Waals surface area contributed by atoms with E-state index in [2.05, 4.69) is 50.3 Å². The molecule has 2 unspecified atom stereocenters. The van der Waals surface area contributed by atoms with Crippen molar-refractivity contribution in [1.29, 1.82) is 0 Å². The summed E-state index contributed by atoms with van der Waals surface area (Å²) < 4.78 is 33.8. The Hall–Kier alpha value is -2.55. The fourth-order valence-corrected chi connectivity index (χ4v) is 6.66. The first-order valence-electron chi connectivity index (χ1n) is 23.2. The van der Waals surface area contributed by atoms with E-state index in [-0.39, 0.29) is 26.1 Å². The lowest BCUT2D eigenvalue weighted by Gasteiger charge is -2.28. The molecule has 0 aliphatic rings. The van der Waals surface area contributed by atoms with E-state index >= 15 is 0 Å². The SMILES string of the molecule is CC/C=C/C=C/C=C/C=C/CCCCCC(=O)OC(COC(=O)CCCCCCCCC/C=C/C/C=C/CCCCCCCCCC)COP(=O)([O-])OCC[N+](C)(C)C. The molecule has 0 aromatic heterocycles. The van der Waals surface area contributed by atoms with Gasteiger partial charge < -0.3 is 27.9 Å². The van der Waals surface area contributed by atoms with Crippen molar-refractivity contribution < 1.29 is 42.1 Å². The van der Waals surface area contributed by atoms with Crippen molar-refractivity contribution in [3.8, 4) is 0 Å². The van der Waals surface area contributed by atoms with Gasteiger partial charge in [0.1, 0.15) is 19.8 Å². The van der Waals surface area contributed by atoms with E-state index in [0.717, 1.165) is 57.8 Å². The smallest absolute Gasteiger partial charge is 0.306 e. The average Bonchev–Trinajstić information content (AvgIpc) is 3.19. The molecule has 0 N–H and O–H groups in total. The predicted octanol–water partition coefficient (Wildman–Crippen LogP) is 12.8. The number of allylic oxidation sites excluding steroid dienone is 12. The maximum absolute atomic E-state index is 12.6. The Kier molecular flexibility index (Phi) is 39.1. The number of carbonyl (C=O) groups excluding carboxylic acids is 2. The molecular formula is C49H86NO8P. The molecule has 0 aromatic carbocycles. The molecule has 0 amide bonds. The van der Waals surface area contributed by atoms with Crippen LogP contribution < -0.4 is 4.89 Å². The molecule has 340 valence electrons. The van der Waals surface area contributed by atoms with E-state index in [1.54, 1.807) is 0 Å². The van der Waals surface area contributed by atoms with E-state index in [1.165, 1.54) is 77.0 Å². The van der Waals surface area contributed by atoms with Gasteiger partial charge in [-0.2, -0.15) is 0 Å². The molecule has 0 heterocycles. The van der Waals surface area contributed by atoms with Crippen LogP contribution in [0.15, 0.2) is 72.9 Å². The molecule has 0 rings (SSSR count). The Bertz CT molecular complexity index is 1230. The number of hydrogen-bond donors (Lipinski definition) is 0. The highest BCUT2D eigenvalue weighted by atomic mass is 31.2. The largest absolute Gasteiger partial charge is 0.756 e. The highest BCUT2D eigenvalue weighted by Crippen LogP contribution is 2.38. The summed E-state index contributed by atoms with van der Waals surface area (Å²) in [5.74, 6) is -0.894. The van der Waals surface area contributed by atoms with Gasteiger partial charge in [0.2, 0.25) is 0 Å². The summed E-state index contributed by atoms with van der Waals surface area (Å²) in [7, 11) is 1.12. The number of esters is 2. The number of rotatable bonds is 41.